The van der Waals surface area contributed by atoms with Crippen molar-refractivity contribution >= 4 is 27.8 Å². The van der Waals surface area contributed by atoms with Crippen LogP contribution in [0.15, 0.2) is 82.3 Å². The summed E-state index contributed by atoms with van der Waals surface area (Å²) in [6.07, 6.45) is 1.43. The molecule has 0 aliphatic carbocycles. The van der Waals surface area contributed by atoms with Crippen LogP contribution in [-0.4, -0.2) is 32.8 Å². The SMILES string of the molecule is O=C(COC(=O)c1cccc(S(=O)(=O)NCc2ccco2)c1)NC(=O)Cc1ccccc1. The summed E-state index contributed by atoms with van der Waals surface area (Å²) in [6, 6.07) is 17.3. The molecule has 2 aromatic carbocycles. The van der Waals surface area contributed by atoms with E-state index in [4.69, 9.17) is 9.15 Å². The van der Waals surface area contributed by atoms with Crippen LogP contribution in [0.1, 0.15) is 21.7 Å². The molecule has 3 rings (SSSR count). The zero-order valence-corrected chi connectivity index (χ0v) is 17.6. The van der Waals surface area contributed by atoms with Crippen molar-refractivity contribution in [3.8, 4) is 0 Å². The standard InChI is InChI=1S/C22H20N2O7S/c25-20(12-16-6-2-1-3-7-16)24-21(26)15-31-22(27)17-8-4-10-19(13-17)32(28,29)23-14-18-9-5-11-30-18/h1-11,13,23H,12,14-15H2,(H,24,25,26). The summed E-state index contributed by atoms with van der Waals surface area (Å²) in [5.41, 5.74) is 0.669. The van der Waals surface area contributed by atoms with E-state index in [0.29, 0.717) is 5.76 Å². The van der Waals surface area contributed by atoms with Crippen LogP contribution < -0.4 is 10.0 Å². The van der Waals surface area contributed by atoms with Gasteiger partial charge in [-0.3, -0.25) is 14.9 Å². The summed E-state index contributed by atoms with van der Waals surface area (Å²) in [7, 11) is -3.91. The second-order valence-corrected chi connectivity index (χ2v) is 8.41. The second-order valence-electron chi connectivity index (χ2n) is 6.64. The van der Waals surface area contributed by atoms with Crippen LogP contribution in [0, 0.1) is 0 Å². The average molecular weight is 456 g/mol. The topological polar surface area (TPSA) is 132 Å². The van der Waals surface area contributed by atoms with E-state index in [9.17, 15) is 22.8 Å². The van der Waals surface area contributed by atoms with Crippen molar-refractivity contribution in [2.24, 2.45) is 0 Å². The normalized spacial score (nSPS) is 11.0. The van der Waals surface area contributed by atoms with Crippen molar-refractivity contribution in [3.63, 3.8) is 0 Å². The Labute approximate surface area is 184 Å². The lowest BCUT2D eigenvalue weighted by atomic mass is 10.1. The largest absolute Gasteiger partial charge is 0.468 e. The quantitative estimate of drug-likeness (QED) is 0.469. The first-order chi connectivity index (χ1) is 15.3. The van der Waals surface area contributed by atoms with Gasteiger partial charge >= 0.3 is 5.97 Å². The summed E-state index contributed by atoms with van der Waals surface area (Å²) < 4.78 is 37.2. The molecule has 166 valence electrons. The lowest BCUT2D eigenvalue weighted by Gasteiger charge is -2.08. The van der Waals surface area contributed by atoms with Crippen LogP contribution >= 0.6 is 0 Å². The Morgan fingerprint density at radius 2 is 1.69 bits per heavy atom. The Balaban J connectivity index is 1.52. The van der Waals surface area contributed by atoms with Gasteiger partial charge in [0.25, 0.3) is 5.91 Å². The summed E-state index contributed by atoms with van der Waals surface area (Å²) in [4.78, 5) is 35.8. The number of rotatable bonds is 9. The molecule has 0 spiro atoms. The maximum atomic E-state index is 12.4. The van der Waals surface area contributed by atoms with Gasteiger partial charge in [-0.25, -0.2) is 17.9 Å². The van der Waals surface area contributed by atoms with Gasteiger partial charge in [0, 0.05) is 0 Å². The van der Waals surface area contributed by atoms with E-state index in [1.54, 1.807) is 42.5 Å². The molecule has 0 atom stereocenters. The van der Waals surface area contributed by atoms with Crippen molar-refractivity contribution in [2.75, 3.05) is 6.61 Å². The van der Waals surface area contributed by atoms with E-state index in [-0.39, 0.29) is 23.4 Å². The van der Waals surface area contributed by atoms with E-state index < -0.39 is 34.4 Å². The lowest BCUT2D eigenvalue weighted by molar-refractivity contribution is -0.132. The fraction of sp³-hybridized carbons (Fsp3) is 0.136. The molecule has 9 nitrogen and oxygen atoms in total. The van der Waals surface area contributed by atoms with Gasteiger partial charge in [0.05, 0.1) is 29.7 Å². The van der Waals surface area contributed by atoms with Crippen LogP contribution in [-0.2, 0) is 37.3 Å². The van der Waals surface area contributed by atoms with Gasteiger partial charge in [0.1, 0.15) is 5.76 Å². The maximum absolute atomic E-state index is 12.4. The van der Waals surface area contributed by atoms with Gasteiger partial charge in [-0.15, -0.1) is 0 Å². The molecule has 1 aromatic heterocycles. The molecular weight excluding hydrogens is 436 g/mol. The van der Waals surface area contributed by atoms with Crippen LogP contribution in [0.25, 0.3) is 0 Å². The number of benzene rings is 2. The van der Waals surface area contributed by atoms with Crippen LogP contribution in [0.4, 0.5) is 0 Å². The summed E-state index contributed by atoms with van der Waals surface area (Å²) in [5, 5.41) is 2.13. The Kier molecular flexibility index (Phi) is 7.53. The van der Waals surface area contributed by atoms with Gasteiger partial charge in [0.2, 0.25) is 15.9 Å². The van der Waals surface area contributed by atoms with E-state index in [0.717, 1.165) is 11.6 Å². The van der Waals surface area contributed by atoms with Gasteiger partial charge < -0.3 is 9.15 Å². The number of carbonyl (C=O) groups is 3. The first-order valence-electron chi connectivity index (χ1n) is 9.49. The predicted octanol–water partition coefficient (Wildman–Crippen LogP) is 1.80. The van der Waals surface area contributed by atoms with Gasteiger partial charge in [-0.05, 0) is 35.9 Å². The zero-order chi connectivity index (χ0) is 23.0. The molecule has 0 aliphatic heterocycles. The van der Waals surface area contributed by atoms with E-state index in [2.05, 4.69) is 10.0 Å². The molecule has 10 heteroatoms. The summed E-state index contributed by atoms with van der Waals surface area (Å²) in [5.74, 6) is -1.80. The predicted molar refractivity (Wildman–Crippen MR) is 113 cm³/mol. The summed E-state index contributed by atoms with van der Waals surface area (Å²) in [6.45, 7) is -0.742. The highest BCUT2D eigenvalue weighted by Gasteiger charge is 2.18. The molecular formula is C22H20N2O7S. The van der Waals surface area contributed by atoms with E-state index in [1.807, 2.05) is 0 Å². The first-order valence-corrected chi connectivity index (χ1v) is 11.0. The number of esters is 1. The Morgan fingerprint density at radius 3 is 2.41 bits per heavy atom. The molecule has 32 heavy (non-hydrogen) atoms. The van der Waals surface area contributed by atoms with Gasteiger partial charge in [-0.1, -0.05) is 36.4 Å². The molecule has 0 saturated carbocycles. The minimum Gasteiger partial charge on any atom is -0.468 e. The monoisotopic (exact) mass is 456 g/mol. The zero-order valence-electron chi connectivity index (χ0n) is 16.8. The number of ether oxygens (including phenoxy) is 1. The molecule has 0 bridgehead atoms. The minimum atomic E-state index is -3.91. The Bertz CT molecular complexity index is 1190. The third kappa shape index (κ3) is 6.62. The van der Waals surface area contributed by atoms with Gasteiger partial charge in [0.15, 0.2) is 6.61 Å². The highest BCUT2D eigenvalue weighted by Crippen LogP contribution is 2.13. The Hall–Kier alpha value is -3.76. The molecule has 0 fully saturated rings. The summed E-state index contributed by atoms with van der Waals surface area (Å²) >= 11 is 0. The third-order valence-electron chi connectivity index (χ3n) is 4.22. The number of amides is 2. The average Bonchev–Trinajstić information content (AvgIpc) is 3.31. The van der Waals surface area contributed by atoms with Gasteiger partial charge in [-0.2, -0.15) is 0 Å². The molecule has 2 N–H and O–H groups in total. The number of imide groups is 1. The molecule has 0 aliphatic rings. The lowest BCUT2D eigenvalue weighted by Crippen LogP contribution is -2.35. The smallest absolute Gasteiger partial charge is 0.338 e. The number of hydrogen-bond donors (Lipinski definition) is 2. The van der Waals surface area contributed by atoms with Crippen molar-refractivity contribution < 1.29 is 32.0 Å². The molecule has 0 radical (unpaired) electrons. The van der Waals surface area contributed by atoms with Crippen LogP contribution in [0.2, 0.25) is 0 Å². The number of furan rings is 1. The fourth-order valence-electron chi connectivity index (χ4n) is 2.68. The maximum Gasteiger partial charge on any atom is 0.338 e. The fourth-order valence-corrected chi connectivity index (χ4v) is 3.72. The number of sulfonamides is 1. The third-order valence-corrected chi connectivity index (χ3v) is 5.62. The van der Waals surface area contributed by atoms with Crippen LogP contribution in [0.3, 0.4) is 0 Å². The van der Waals surface area contributed by atoms with E-state index in [1.165, 1.54) is 24.5 Å². The number of hydrogen-bond acceptors (Lipinski definition) is 7. The Morgan fingerprint density at radius 1 is 0.906 bits per heavy atom. The number of carbonyl (C=O) groups excluding carboxylic acids is 3. The highest BCUT2D eigenvalue weighted by molar-refractivity contribution is 7.89. The van der Waals surface area contributed by atoms with Crippen molar-refractivity contribution in [3.05, 3.63) is 89.9 Å². The van der Waals surface area contributed by atoms with Crippen LogP contribution in [0.5, 0.6) is 0 Å². The minimum absolute atomic E-state index is 0.00539. The molecule has 1 heterocycles. The van der Waals surface area contributed by atoms with E-state index >= 15 is 0 Å². The molecule has 0 unspecified atom stereocenters. The molecule has 2 amide bonds. The first kappa shape index (κ1) is 22.9. The van der Waals surface area contributed by atoms with Crippen molar-refractivity contribution in [2.45, 2.75) is 17.9 Å². The molecule has 3 aromatic rings. The highest BCUT2D eigenvalue weighted by atomic mass is 32.2. The molecule has 0 saturated heterocycles. The van der Waals surface area contributed by atoms with Crippen molar-refractivity contribution in [1.82, 2.24) is 10.0 Å². The second kappa shape index (κ2) is 10.5. The van der Waals surface area contributed by atoms with Crippen molar-refractivity contribution in [1.29, 1.82) is 0 Å². The number of nitrogens with one attached hydrogen (secondary N) is 2.